The van der Waals surface area contributed by atoms with Crippen LogP contribution in [0, 0.1) is 0 Å². The van der Waals surface area contributed by atoms with Crippen molar-refractivity contribution >= 4 is 11.6 Å². The van der Waals surface area contributed by atoms with Crippen molar-refractivity contribution in [1.29, 1.82) is 0 Å². The maximum absolute atomic E-state index is 6.01. The Morgan fingerprint density at radius 2 is 2.31 bits per heavy atom. The molecule has 0 bridgehead atoms. The Hall–Kier alpha value is -1.39. The van der Waals surface area contributed by atoms with Crippen LogP contribution in [0.25, 0.3) is 0 Å². The van der Waals surface area contributed by atoms with Gasteiger partial charge in [0.15, 0.2) is 0 Å². The minimum absolute atomic E-state index is 0.157. The second kappa shape index (κ2) is 5.09. The average molecular weight is 237 g/mol. The quantitative estimate of drug-likeness (QED) is 0.801. The van der Waals surface area contributed by atoms with Crippen LogP contribution in [0.2, 0.25) is 5.15 Å². The fraction of sp³-hybridized carbons (Fsp3) is 0.273. The van der Waals surface area contributed by atoms with Crippen molar-refractivity contribution in [2.45, 2.75) is 19.5 Å². The second-order valence-electron chi connectivity index (χ2n) is 3.57. The van der Waals surface area contributed by atoms with Gasteiger partial charge in [-0.3, -0.25) is 5.10 Å². The Morgan fingerprint density at radius 3 is 3.00 bits per heavy atom. The Kier molecular flexibility index (Phi) is 3.54. The lowest BCUT2D eigenvalue weighted by Crippen LogP contribution is -2.18. The maximum Gasteiger partial charge on any atom is 0.133 e. The van der Waals surface area contributed by atoms with Gasteiger partial charge in [-0.25, -0.2) is 4.98 Å². The Labute approximate surface area is 99.1 Å². The zero-order valence-electron chi connectivity index (χ0n) is 8.94. The summed E-state index contributed by atoms with van der Waals surface area (Å²) >= 11 is 6.01. The molecule has 0 fully saturated rings. The van der Waals surface area contributed by atoms with E-state index in [4.69, 9.17) is 11.6 Å². The normalized spacial score (nSPS) is 12.6. The molecule has 1 unspecified atom stereocenters. The van der Waals surface area contributed by atoms with Gasteiger partial charge in [0.2, 0.25) is 0 Å². The van der Waals surface area contributed by atoms with Crippen molar-refractivity contribution in [2.75, 3.05) is 0 Å². The first-order valence-electron chi connectivity index (χ1n) is 5.09. The van der Waals surface area contributed by atoms with E-state index >= 15 is 0 Å². The molecular weight excluding hydrogens is 224 g/mol. The number of halogens is 1. The summed E-state index contributed by atoms with van der Waals surface area (Å²) in [6, 6.07) is 5.95. The summed E-state index contributed by atoms with van der Waals surface area (Å²) in [6.45, 7) is 2.78. The number of pyridine rings is 1. The number of hydrogen-bond acceptors (Lipinski definition) is 3. The fourth-order valence-corrected chi connectivity index (χ4v) is 1.76. The average Bonchev–Trinajstić information content (AvgIpc) is 2.79. The molecule has 0 spiro atoms. The highest BCUT2D eigenvalue weighted by Crippen LogP contribution is 2.19. The van der Waals surface area contributed by atoms with Gasteiger partial charge in [-0.1, -0.05) is 17.7 Å². The maximum atomic E-state index is 6.01. The van der Waals surface area contributed by atoms with Gasteiger partial charge in [0.25, 0.3) is 0 Å². The number of nitrogens with zero attached hydrogens (tertiary/aromatic N) is 2. The zero-order chi connectivity index (χ0) is 11.4. The molecule has 16 heavy (non-hydrogen) atoms. The molecule has 0 aromatic carbocycles. The second-order valence-corrected chi connectivity index (χ2v) is 3.93. The van der Waals surface area contributed by atoms with Gasteiger partial charge in [-0.2, -0.15) is 5.10 Å². The lowest BCUT2D eigenvalue weighted by atomic mass is 10.1. The molecule has 84 valence electrons. The van der Waals surface area contributed by atoms with Crippen LogP contribution in [0.1, 0.15) is 24.2 Å². The Bertz CT molecular complexity index is 441. The molecular formula is C11H13ClN4. The lowest BCUT2D eigenvalue weighted by molar-refractivity contribution is 0.565. The summed E-state index contributed by atoms with van der Waals surface area (Å²) < 4.78 is 0. The molecule has 0 aliphatic carbocycles. The number of aromatic amines is 1. The lowest BCUT2D eigenvalue weighted by Gasteiger charge is -2.14. The Morgan fingerprint density at radius 1 is 1.44 bits per heavy atom. The van der Waals surface area contributed by atoms with Gasteiger partial charge < -0.3 is 5.32 Å². The first kappa shape index (κ1) is 11.1. The van der Waals surface area contributed by atoms with Crippen molar-refractivity contribution in [3.05, 3.63) is 47.0 Å². The number of H-pyrrole nitrogens is 1. The summed E-state index contributed by atoms with van der Waals surface area (Å²) in [5, 5.41) is 10.7. The Balaban J connectivity index is 1.98. The van der Waals surface area contributed by atoms with Crippen molar-refractivity contribution in [1.82, 2.24) is 20.5 Å². The third-order valence-corrected chi connectivity index (χ3v) is 2.73. The summed E-state index contributed by atoms with van der Waals surface area (Å²) in [7, 11) is 0. The van der Waals surface area contributed by atoms with E-state index in [2.05, 4.69) is 27.4 Å². The van der Waals surface area contributed by atoms with Crippen molar-refractivity contribution < 1.29 is 0 Å². The van der Waals surface area contributed by atoms with E-state index < -0.39 is 0 Å². The third kappa shape index (κ3) is 2.59. The number of aromatic nitrogens is 3. The van der Waals surface area contributed by atoms with Crippen LogP contribution in [-0.2, 0) is 6.54 Å². The van der Waals surface area contributed by atoms with E-state index in [-0.39, 0.29) is 6.04 Å². The fourth-order valence-electron chi connectivity index (χ4n) is 1.48. The highest BCUT2D eigenvalue weighted by molar-refractivity contribution is 6.30. The molecule has 5 heteroatoms. The standard InChI is InChI=1S/C11H13ClN4/c1-8(10-3-2-5-13-11(10)12)14-7-9-4-6-15-16-9/h2-6,8,14H,7H2,1H3,(H,15,16). The summed E-state index contributed by atoms with van der Waals surface area (Å²) in [4.78, 5) is 4.05. The molecule has 0 radical (unpaired) electrons. The van der Waals surface area contributed by atoms with Gasteiger partial charge >= 0.3 is 0 Å². The van der Waals surface area contributed by atoms with Crippen molar-refractivity contribution in [3.63, 3.8) is 0 Å². The largest absolute Gasteiger partial charge is 0.304 e. The van der Waals surface area contributed by atoms with Gasteiger partial charge in [-0.05, 0) is 19.1 Å². The van der Waals surface area contributed by atoms with Gasteiger partial charge in [0.1, 0.15) is 5.15 Å². The third-order valence-electron chi connectivity index (χ3n) is 2.41. The summed E-state index contributed by atoms with van der Waals surface area (Å²) in [6.07, 6.45) is 3.42. The minimum Gasteiger partial charge on any atom is -0.304 e. The molecule has 2 N–H and O–H groups in total. The first-order valence-corrected chi connectivity index (χ1v) is 5.47. The van der Waals surface area contributed by atoms with Crippen LogP contribution in [-0.4, -0.2) is 15.2 Å². The number of hydrogen-bond donors (Lipinski definition) is 2. The highest BCUT2D eigenvalue weighted by Gasteiger charge is 2.09. The van der Waals surface area contributed by atoms with E-state index in [0.717, 1.165) is 17.8 Å². The van der Waals surface area contributed by atoms with Gasteiger partial charge in [-0.15, -0.1) is 0 Å². The van der Waals surface area contributed by atoms with Crippen LogP contribution in [0.15, 0.2) is 30.6 Å². The van der Waals surface area contributed by atoms with E-state index in [1.807, 2.05) is 18.2 Å². The van der Waals surface area contributed by atoms with E-state index in [9.17, 15) is 0 Å². The molecule has 0 saturated carbocycles. The molecule has 2 rings (SSSR count). The molecule has 1 atom stereocenters. The van der Waals surface area contributed by atoms with Gasteiger partial charge in [0.05, 0.1) is 0 Å². The molecule has 0 saturated heterocycles. The summed E-state index contributed by atoms with van der Waals surface area (Å²) in [5.74, 6) is 0. The van der Waals surface area contributed by atoms with Gasteiger partial charge in [0, 0.05) is 36.2 Å². The predicted octanol–water partition coefficient (Wildman–Crippen LogP) is 2.31. The van der Waals surface area contributed by atoms with E-state index in [1.165, 1.54) is 0 Å². The van der Waals surface area contributed by atoms with Crippen LogP contribution in [0.3, 0.4) is 0 Å². The SMILES string of the molecule is CC(NCc1ccn[nH]1)c1cccnc1Cl. The van der Waals surface area contributed by atoms with Crippen LogP contribution in [0.5, 0.6) is 0 Å². The zero-order valence-corrected chi connectivity index (χ0v) is 9.70. The molecule has 2 heterocycles. The van der Waals surface area contributed by atoms with Crippen LogP contribution >= 0.6 is 11.6 Å². The molecule has 0 amide bonds. The molecule has 0 aliphatic rings. The summed E-state index contributed by atoms with van der Waals surface area (Å²) in [5.41, 5.74) is 2.05. The van der Waals surface area contributed by atoms with E-state index in [0.29, 0.717) is 5.15 Å². The molecule has 2 aromatic heterocycles. The first-order chi connectivity index (χ1) is 7.77. The smallest absolute Gasteiger partial charge is 0.133 e. The van der Waals surface area contributed by atoms with Crippen LogP contribution < -0.4 is 5.32 Å². The predicted molar refractivity (Wildman–Crippen MR) is 63.1 cm³/mol. The number of rotatable bonds is 4. The molecule has 0 aliphatic heterocycles. The van der Waals surface area contributed by atoms with Crippen LogP contribution in [0.4, 0.5) is 0 Å². The van der Waals surface area contributed by atoms with Crippen molar-refractivity contribution in [3.8, 4) is 0 Å². The minimum atomic E-state index is 0.157. The topological polar surface area (TPSA) is 53.6 Å². The monoisotopic (exact) mass is 236 g/mol. The molecule has 2 aromatic rings. The molecule has 4 nitrogen and oxygen atoms in total. The van der Waals surface area contributed by atoms with Crippen molar-refractivity contribution in [2.24, 2.45) is 0 Å². The number of nitrogens with one attached hydrogen (secondary N) is 2. The highest BCUT2D eigenvalue weighted by atomic mass is 35.5. The van der Waals surface area contributed by atoms with E-state index in [1.54, 1.807) is 12.4 Å².